The van der Waals surface area contributed by atoms with Crippen molar-refractivity contribution in [3.05, 3.63) is 78.4 Å². The Bertz CT molecular complexity index is 1540. The number of benzene rings is 3. The van der Waals surface area contributed by atoms with E-state index in [0.717, 1.165) is 0 Å². The molecule has 5 rings (SSSR count). The Morgan fingerprint density at radius 2 is 1.63 bits per heavy atom. The fraction of sp³-hybridized carbons (Fsp3) is 0.222. The number of para-hydroxylation sites is 3. The number of carbonyl (C=O) groups is 2. The van der Waals surface area contributed by atoms with Gasteiger partial charge in [-0.05, 0) is 55.5 Å². The molecule has 1 aliphatic rings. The number of nitrogens with zero attached hydrogens (tertiary/aromatic N) is 3. The van der Waals surface area contributed by atoms with Crippen molar-refractivity contribution in [3.8, 4) is 11.5 Å². The molecule has 1 aromatic heterocycles. The van der Waals surface area contributed by atoms with E-state index >= 15 is 0 Å². The van der Waals surface area contributed by atoms with Crippen molar-refractivity contribution in [1.82, 2.24) is 14.2 Å². The first-order chi connectivity index (χ1) is 18.4. The monoisotopic (exact) mass is 534 g/mol. The summed E-state index contributed by atoms with van der Waals surface area (Å²) in [7, 11) is -3.78. The summed E-state index contributed by atoms with van der Waals surface area (Å²) < 4.78 is 38.4. The van der Waals surface area contributed by atoms with Crippen molar-refractivity contribution in [1.29, 1.82) is 0 Å². The Morgan fingerprint density at radius 1 is 0.947 bits per heavy atom. The Kier molecular flexibility index (Phi) is 7.12. The van der Waals surface area contributed by atoms with Gasteiger partial charge in [-0.3, -0.25) is 4.79 Å². The number of oxazole rings is 1. The SMILES string of the molecule is CCOC(=O)N1CCN(S(=O)(=O)c2ccc(C(=O)Nc3ccccc3-c3nc4ccccc4o3)cc2)CC1. The number of amides is 2. The van der Waals surface area contributed by atoms with Crippen LogP contribution in [0.4, 0.5) is 10.5 Å². The molecule has 2 heterocycles. The van der Waals surface area contributed by atoms with E-state index in [2.05, 4.69) is 10.3 Å². The zero-order chi connectivity index (χ0) is 26.7. The highest BCUT2D eigenvalue weighted by molar-refractivity contribution is 7.89. The normalized spacial score (nSPS) is 14.4. The molecule has 196 valence electrons. The average Bonchev–Trinajstić information content (AvgIpc) is 3.38. The van der Waals surface area contributed by atoms with E-state index in [1.54, 1.807) is 25.1 Å². The Morgan fingerprint density at radius 3 is 2.34 bits per heavy atom. The van der Waals surface area contributed by atoms with Crippen molar-refractivity contribution in [2.24, 2.45) is 0 Å². The second-order valence-corrected chi connectivity index (χ2v) is 10.5. The van der Waals surface area contributed by atoms with Crippen molar-refractivity contribution in [3.63, 3.8) is 0 Å². The molecule has 10 nitrogen and oxygen atoms in total. The summed E-state index contributed by atoms with van der Waals surface area (Å²) in [5.41, 5.74) is 2.78. The van der Waals surface area contributed by atoms with Gasteiger partial charge < -0.3 is 19.4 Å². The van der Waals surface area contributed by atoms with Crippen molar-refractivity contribution in [2.75, 3.05) is 38.1 Å². The third-order valence-corrected chi connectivity index (χ3v) is 8.13. The molecule has 0 aliphatic carbocycles. The minimum absolute atomic E-state index is 0.0745. The molecule has 38 heavy (non-hydrogen) atoms. The molecule has 11 heteroatoms. The minimum atomic E-state index is -3.78. The van der Waals surface area contributed by atoms with Gasteiger partial charge in [0.2, 0.25) is 15.9 Å². The molecular formula is C27H26N4O6S. The van der Waals surface area contributed by atoms with Gasteiger partial charge in [-0.15, -0.1) is 0 Å². The van der Waals surface area contributed by atoms with Crippen LogP contribution in [0.2, 0.25) is 0 Å². The van der Waals surface area contributed by atoms with E-state index in [1.807, 2.05) is 30.3 Å². The van der Waals surface area contributed by atoms with Crippen LogP contribution in [0.3, 0.4) is 0 Å². The van der Waals surface area contributed by atoms with Crippen LogP contribution >= 0.6 is 0 Å². The number of nitrogens with one attached hydrogen (secondary N) is 1. The summed E-state index contributed by atoms with van der Waals surface area (Å²) in [4.78, 5) is 31.0. The van der Waals surface area contributed by atoms with Gasteiger partial charge in [0.25, 0.3) is 5.91 Å². The van der Waals surface area contributed by atoms with Crippen LogP contribution in [0.1, 0.15) is 17.3 Å². The molecule has 3 aromatic carbocycles. The number of carbonyl (C=O) groups excluding carboxylic acids is 2. The van der Waals surface area contributed by atoms with Crippen LogP contribution < -0.4 is 5.32 Å². The number of rotatable bonds is 6. The second kappa shape index (κ2) is 10.6. The van der Waals surface area contributed by atoms with E-state index in [1.165, 1.54) is 33.5 Å². The van der Waals surface area contributed by atoms with Gasteiger partial charge in [-0.25, -0.2) is 18.2 Å². The van der Waals surface area contributed by atoms with Gasteiger partial charge in [0.1, 0.15) is 5.52 Å². The van der Waals surface area contributed by atoms with E-state index in [-0.39, 0.29) is 37.7 Å². The first-order valence-corrected chi connectivity index (χ1v) is 13.6. The predicted molar refractivity (Wildman–Crippen MR) is 141 cm³/mol. The lowest BCUT2D eigenvalue weighted by Crippen LogP contribution is -2.50. The number of hydrogen-bond donors (Lipinski definition) is 1. The van der Waals surface area contributed by atoms with E-state index < -0.39 is 22.0 Å². The largest absolute Gasteiger partial charge is 0.450 e. The third kappa shape index (κ3) is 5.11. The lowest BCUT2D eigenvalue weighted by Gasteiger charge is -2.33. The molecule has 0 radical (unpaired) electrons. The molecule has 1 aliphatic heterocycles. The fourth-order valence-corrected chi connectivity index (χ4v) is 5.64. The molecule has 0 atom stereocenters. The first kappa shape index (κ1) is 25.4. The predicted octanol–water partition coefficient (Wildman–Crippen LogP) is 4.21. The molecule has 0 unspecified atom stereocenters. The number of ether oxygens (including phenoxy) is 1. The quantitative estimate of drug-likeness (QED) is 0.393. The van der Waals surface area contributed by atoms with Crippen LogP contribution in [-0.4, -0.2) is 67.4 Å². The zero-order valence-corrected chi connectivity index (χ0v) is 21.5. The lowest BCUT2D eigenvalue weighted by atomic mass is 10.1. The van der Waals surface area contributed by atoms with Gasteiger partial charge >= 0.3 is 6.09 Å². The summed E-state index contributed by atoms with van der Waals surface area (Å²) in [5.74, 6) is -0.0212. The second-order valence-electron chi connectivity index (χ2n) is 8.60. The maximum absolute atomic E-state index is 13.1. The molecular weight excluding hydrogens is 508 g/mol. The van der Waals surface area contributed by atoms with Crippen LogP contribution in [0, 0.1) is 0 Å². The van der Waals surface area contributed by atoms with Crippen LogP contribution in [0.5, 0.6) is 0 Å². The van der Waals surface area contributed by atoms with Crippen LogP contribution in [0.15, 0.2) is 82.1 Å². The molecule has 0 saturated carbocycles. The highest BCUT2D eigenvalue weighted by Gasteiger charge is 2.30. The third-order valence-electron chi connectivity index (χ3n) is 6.22. The first-order valence-electron chi connectivity index (χ1n) is 12.1. The van der Waals surface area contributed by atoms with Crippen LogP contribution in [0.25, 0.3) is 22.6 Å². The van der Waals surface area contributed by atoms with E-state index in [4.69, 9.17) is 9.15 Å². The number of aromatic nitrogens is 1. The smallest absolute Gasteiger partial charge is 0.409 e. The number of sulfonamides is 1. The number of anilines is 1. The van der Waals surface area contributed by atoms with Gasteiger partial charge in [-0.2, -0.15) is 4.31 Å². The Hall–Kier alpha value is -4.22. The summed E-state index contributed by atoms with van der Waals surface area (Å²) in [6.45, 7) is 2.81. The van der Waals surface area contributed by atoms with Crippen molar-refractivity contribution >= 4 is 38.8 Å². The highest BCUT2D eigenvalue weighted by Crippen LogP contribution is 2.30. The van der Waals surface area contributed by atoms with Gasteiger partial charge in [0, 0.05) is 31.7 Å². The van der Waals surface area contributed by atoms with Gasteiger partial charge in [-0.1, -0.05) is 24.3 Å². The fourth-order valence-electron chi connectivity index (χ4n) is 4.21. The van der Waals surface area contributed by atoms with Crippen molar-refractivity contribution in [2.45, 2.75) is 11.8 Å². The average molecular weight is 535 g/mol. The maximum Gasteiger partial charge on any atom is 0.409 e. The number of hydrogen-bond acceptors (Lipinski definition) is 7. The summed E-state index contributed by atoms with van der Waals surface area (Å²) in [5, 5.41) is 2.87. The lowest BCUT2D eigenvalue weighted by molar-refractivity contribution is 0.0933. The number of piperazine rings is 1. The molecule has 1 saturated heterocycles. The molecule has 0 bridgehead atoms. The molecule has 4 aromatic rings. The van der Waals surface area contributed by atoms with Crippen molar-refractivity contribution < 1.29 is 27.2 Å². The topological polar surface area (TPSA) is 122 Å². The zero-order valence-electron chi connectivity index (χ0n) is 20.7. The maximum atomic E-state index is 13.1. The molecule has 1 N–H and O–H groups in total. The van der Waals surface area contributed by atoms with E-state index in [9.17, 15) is 18.0 Å². The van der Waals surface area contributed by atoms with Gasteiger partial charge in [0.05, 0.1) is 22.8 Å². The van der Waals surface area contributed by atoms with E-state index in [0.29, 0.717) is 33.8 Å². The summed E-state index contributed by atoms with van der Waals surface area (Å²) >= 11 is 0. The highest BCUT2D eigenvalue weighted by atomic mass is 32.2. The minimum Gasteiger partial charge on any atom is -0.450 e. The molecule has 1 fully saturated rings. The molecule has 2 amide bonds. The Balaban J connectivity index is 1.28. The summed E-state index contributed by atoms with van der Waals surface area (Å²) in [6.07, 6.45) is -0.447. The Labute approximate surface area is 219 Å². The van der Waals surface area contributed by atoms with Gasteiger partial charge in [0.15, 0.2) is 5.58 Å². The van der Waals surface area contributed by atoms with Crippen LogP contribution in [-0.2, 0) is 14.8 Å². The molecule has 0 spiro atoms. The summed E-state index contributed by atoms with van der Waals surface area (Å²) in [6, 6.07) is 20.3. The standard InChI is InChI=1S/C27H26N4O6S/c1-2-36-27(33)30-15-17-31(18-16-30)38(34,35)20-13-11-19(12-14-20)25(32)28-22-8-4-3-7-21(22)26-29-23-9-5-6-10-24(23)37-26/h3-14H,2,15-18H2,1H3,(H,28,32). The number of fused-ring (bicyclic) bond motifs is 1.